The Hall–Kier alpha value is -3.77. The van der Waals surface area contributed by atoms with E-state index in [1.54, 1.807) is 67.6 Å². The van der Waals surface area contributed by atoms with Crippen LogP contribution >= 0.6 is 11.8 Å². The van der Waals surface area contributed by atoms with Crippen LogP contribution in [-0.4, -0.2) is 30.6 Å². The normalized spacial score (nSPS) is 14.6. The molecule has 0 spiro atoms. The Labute approximate surface area is 212 Å². The first-order valence-electron chi connectivity index (χ1n) is 11.0. The van der Waals surface area contributed by atoms with Gasteiger partial charge in [-0.25, -0.2) is 8.42 Å². The number of fused-ring (bicyclic) bond motifs is 1. The summed E-state index contributed by atoms with van der Waals surface area (Å²) in [6.07, 6.45) is 0. The Morgan fingerprint density at radius 3 is 2.50 bits per heavy atom. The van der Waals surface area contributed by atoms with Crippen LogP contribution in [0, 0.1) is 12.3 Å². The average molecular weight is 527 g/mol. The minimum absolute atomic E-state index is 0.0523. The predicted octanol–water partition coefficient (Wildman–Crippen LogP) is 2.37. The van der Waals surface area contributed by atoms with Gasteiger partial charge in [-0.05, 0) is 41.8 Å². The van der Waals surface area contributed by atoms with E-state index in [0.29, 0.717) is 27.6 Å². The molecular formula is C24H26N6O4S2. The largest absolute Gasteiger partial charge is 0.370 e. The van der Waals surface area contributed by atoms with E-state index in [1.807, 2.05) is 0 Å². The summed E-state index contributed by atoms with van der Waals surface area (Å²) in [5.74, 6) is -0.414. The highest BCUT2D eigenvalue weighted by Crippen LogP contribution is 2.34. The number of sulfonamides is 1. The molecule has 10 nitrogen and oxygen atoms in total. The van der Waals surface area contributed by atoms with E-state index in [-0.39, 0.29) is 29.9 Å². The lowest BCUT2D eigenvalue weighted by atomic mass is 10.2. The number of anilines is 2. The van der Waals surface area contributed by atoms with Crippen LogP contribution in [0.4, 0.5) is 11.4 Å². The molecule has 0 bridgehead atoms. The topological polar surface area (TPSA) is 159 Å². The van der Waals surface area contributed by atoms with Gasteiger partial charge in [0, 0.05) is 18.0 Å². The van der Waals surface area contributed by atoms with Gasteiger partial charge in [0.15, 0.2) is 5.96 Å². The van der Waals surface area contributed by atoms with Crippen molar-refractivity contribution in [3.8, 4) is 0 Å². The molecule has 4 rings (SSSR count). The monoisotopic (exact) mass is 526 g/mol. The number of aromatic nitrogens is 1. The number of thioether (sulfide) groups is 1. The molecule has 2 heterocycles. The van der Waals surface area contributed by atoms with Crippen LogP contribution in [-0.2, 0) is 27.1 Å². The zero-order valence-electron chi connectivity index (χ0n) is 19.4. The van der Waals surface area contributed by atoms with E-state index >= 15 is 0 Å². The molecule has 0 saturated carbocycles. The van der Waals surface area contributed by atoms with Gasteiger partial charge in [-0.15, -0.1) is 11.8 Å². The summed E-state index contributed by atoms with van der Waals surface area (Å²) in [4.78, 5) is 26.3. The van der Waals surface area contributed by atoms with Crippen molar-refractivity contribution in [2.24, 2.45) is 5.73 Å². The lowest BCUT2D eigenvalue weighted by Gasteiger charge is -2.17. The van der Waals surface area contributed by atoms with E-state index < -0.39 is 21.6 Å². The number of benzene rings is 2. The summed E-state index contributed by atoms with van der Waals surface area (Å²) < 4.78 is 29.3. The van der Waals surface area contributed by atoms with E-state index in [9.17, 15) is 18.0 Å². The van der Waals surface area contributed by atoms with Gasteiger partial charge < -0.3 is 16.4 Å². The molecular weight excluding hydrogens is 500 g/mol. The van der Waals surface area contributed by atoms with Crippen molar-refractivity contribution in [3.63, 3.8) is 0 Å². The van der Waals surface area contributed by atoms with E-state index in [1.165, 1.54) is 16.3 Å². The number of nitrogens with two attached hydrogens (primary N) is 1. The Morgan fingerprint density at radius 2 is 1.83 bits per heavy atom. The number of carbonyl (C=O) groups is 1. The van der Waals surface area contributed by atoms with Gasteiger partial charge in [-0.2, -0.15) is 0 Å². The van der Waals surface area contributed by atoms with Gasteiger partial charge in [0.25, 0.3) is 5.56 Å². The number of nitrogens with zero attached hydrogens (tertiary/aromatic N) is 1. The van der Waals surface area contributed by atoms with Gasteiger partial charge in [0.1, 0.15) is 11.7 Å². The Morgan fingerprint density at radius 1 is 1.14 bits per heavy atom. The van der Waals surface area contributed by atoms with Crippen molar-refractivity contribution < 1.29 is 13.2 Å². The summed E-state index contributed by atoms with van der Waals surface area (Å²) in [6, 6.07) is 16.7. The molecule has 6 N–H and O–H groups in total. The van der Waals surface area contributed by atoms with Gasteiger partial charge >= 0.3 is 0 Å². The first kappa shape index (κ1) is 25.3. The van der Waals surface area contributed by atoms with Crippen molar-refractivity contribution in [2.45, 2.75) is 30.3 Å². The van der Waals surface area contributed by atoms with Crippen LogP contribution in [0.15, 0.2) is 70.5 Å². The molecule has 0 unspecified atom stereocenters. The van der Waals surface area contributed by atoms with E-state index in [2.05, 4.69) is 15.4 Å². The van der Waals surface area contributed by atoms with Crippen molar-refractivity contribution in [3.05, 3.63) is 87.7 Å². The molecule has 0 radical (unpaired) electrons. The Bertz CT molecular complexity index is 1450. The number of guanidine groups is 1. The maximum Gasteiger partial charge on any atom is 0.276 e. The molecule has 1 aromatic heterocycles. The maximum absolute atomic E-state index is 13.3. The summed E-state index contributed by atoms with van der Waals surface area (Å²) in [7, 11) is -3.84. The number of rotatable bonds is 8. The van der Waals surface area contributed by atoms with Crippen LogP contribution in [0.5, 0.6) is 0 Å². The second-order valence-corrected chi connectivity index (χ2v) is 11.1. The fourth-order valence-electron chi connectivity index (χ4n) is 3.83. The van der Waals surface area contributed by atoms with Gasteiger partial charge in [-0.1, -0.05) is 42.5 Å². The molecule has 1 aliphatic heterocycles. The van der Waals surface area contributed by atoms with Gasteiger partial charge in [-0.3, -0.25) is 24.3 Å². The Kier molecular flexibility index (Phi) is 7.36. The van der Waals surface area contributed by atoms with Crippen LogP contribution in [0.25, 0.3) is 0 Å². The summed E-state index contributed by atoms with van der Waals surface area (Å²) in [5.41, 5.74) is 7.29. The third kappa shape index (κ3) is 5.89. The average Bonchev–Trinajstić information content (AvgIpc) is 3.25. The number of pyridine rings is 1. The minimum atomic E-state index is -3.84. The fourth-order valence-corrected chi connectivity index (χ4v) is 6.33. The van der Waals surface area contributed by atoms with Crippen LogP contribution in [0.2, 0.25) is 0 Å². The lowest BCUT2D eigenvalue weighted by molar-refractivity contribution is -0.124. The number of aryl methyl sites for hydroxylation is 1. The second kappa shape index (κ2) is 10.5. The molecule has 0 saturated heterocycles. The first-order chi connectivity index (χ1) is 17.1. The van der Waals surface area contributed by atoms with Crippen molar-refractivity contribution in [1.29, 1.82) is 5.41 Å². The SMILES string of the molecule is Cc1cc2n(c(=O)c1NS(=O)(=O)Cc1ccccc1)[C@@H](C(=O)NCc1ccc(NC(=N)N)cc1)CS2. The number of carbonyl (C=O) groups excluding carboxylic acids is 1. The van der Waals surface area contributed by atoms with E-state index in [0.717, 1.165) is 5.56 Å². The van der Waals surface area contributed by atoms with Gasteiger partial charge in [0.2, 0.25) is 15.9 Å². The molecule has 1 atom stereocenters. The standard InChI is InChI=1S/C24H26N6O4S2/c1-15-11-20-30(23(32)21(15)29-36(33,34)14-17-5-3-2-4-6-17)19(13-35-20)22(31)27-12-16-7-9-18(10-8-16)28-24(25)26/h2-11,19,29H,12-14H2,1H3,(H,27,31)(H4,25,26,28)/t19-/m1/s1. The molecule has 1 amide bonds. The molecule has 2 aromatic carbocycles. The highest BCUT2D eigenvalue weighted by atomic mass is 32.2. The molecule has 0 fully saturated rings. The lowest BCUT2D eigenvalue weighted by Crippen LogP contribution is -2.37. The summed E-state index contributed by atoms with van der Waals surface area (Å²) in [6.45, 7) is 1.91. The zero-order chi connectivity index (χ0) is 25.9. The molecule has 36 heavy (non-hydrogen) atoms. The zero-order valence-corrected chi connectivity index (χ0v) is 21.1. The summed E-state index contributed by atoms with van der Waals surface area (Å²) >= 11 is 1.38. The smallest absolute Gasteiger partial charge is 0.276 e. The minimum Gasteiger partial charge on any atom is -0.370 e. The third-order valence-electron chi connectivity index (χ3n) is 5.56. The summed E-state index contributed by atoms with van der Waals surface area (Å²) in [5, 5.41) is 13.4. The number of amides is 1. The molecule has 0 aliphatic carbocycles. The number of nitrogens with one attached hydrogen (secondary N) is 4. The first-order valence-corrected chi connectivity index (χ1v) is 13.7. The Balaban J connectivity index is 1.49. The quantitative estimate of drug-likeness (QED) is 0.223. The molecule has 1 aliphatic rings. The third-order valence-corrected chi connectivity index (χ3v) is 7.89. The van der Waals surface area contributed by atoms with Gasteiger partial charge in [0.05, 0.1) is 10.8 Å². The highest BCUT2D eigenvalue weighted by molar-refractivity contribution is 7.99. The van der Waals surface area contributed by atoms with Crippen LogP contribution in [0.3, 0.4) is 0 Å². The fraction of sp³-hybridized carbons (Fsp3) is 0.208. The van der Waals surface area contributed by atoms with Crippen LogP contribution in [0.1, 0.15) is 22.7 Å². The molecule has 188 valence electrons. The van der Waals surface area contributed by atoms with Crippen molar-refractivity contribution >= 4 is 45.0 Å². The highest BCUT2D eigenvalue weighted by Gasteiger charge is 2.32. The predicted molar refractivity (Wildman–Crippen MR) is 142 cm³/mol. The number of hydrogen-bond donors (Lipinski definition) is 5. The van der Waals surface area contributed by atoms with Crippen LogP contribution < -0.4 is 26.6 Å². The number of hydrogen-bond acceptors (Lipinski definition) is 6. The molecule has 12 heteroatoms. The second-order valence-electron chi connectivity index (χ2n) is 8.34. The molecule has 3 aromatic rings. The van der Waals surface area contributed by atoms with Crippen molar-refractivity contribution in [1.82, 2.24) is 9.88 Å². The van der Waals surface area contributed by atoms with E-state index in [4.69, 9.17) is 11.1 Å². The maximum atomic E-state index is 13.3. The van der Waals surface area contributed by atoms with Crippen molar-refractivity contribution in [2.75, 3.05) is 15.8 Å².